The quantitative estimate of drug-likeness (QED) is 0.692. The van der Waals surface area contributed by atoms with Crippen molar-refractivity contribution in [1.29, 1.82) is 0 Å². The van der Waals surface area contributed by atoms with E-state index in [1.165, 1.54) is 4.91 Å². The molecule has 0 bridgehead atoms. The highest BCUT2D eigenvalue weighted by atomic mass is 32.2. The predicted molar refractivity (Wildman–Crippen MR) is 102 cm³/mol. The van der Waals surface area contributed by atoms with E-state index in [1.54, 1.807) is 11.8 Å². The molecule has 0 aliphatic heterocycles. The van der Waals surface area contributed by atoms with E-state index in [1.807, 2.05) is 37.4 Å². The van der Waals surface area contributed by atoms with E-state index in [9.17, 15) is 0 Å². The smallest absolute Gasteiger partial charge is 0.105 e. The van der Waals surface area contributed by atoms with E-state index in [0.717, 1.165) is 33.9 Å². The van der Waals surface area contributed by atoms with Gasteiger partial charge in [-0.05, 0) is 43.9 Å². The predicted octanol–water partition coefficient (Wildman–Crippen LogP) is 5.09. The van der Waals surface area contributed by atoms with Gasteiger partial charge in [0.25, 0.3) is 0 Å². The molecule has 1 aromatic carbocycles. The molecular weight excluding hydrogens is 302 g/mol. The van der Waals surface area contributed by atoms with Gasteiger partial charge < -0.3 is 4.90 Å². The number of rotatable bonds is 6. The van der Waals surface area contributed by atoms with Gasteiger partial charge in [-0.1, -0.05) is 36.5 Å². The van der Waals surface area contributed by atoms with Crippen LogP contribution in [-0.2, 0) is 0 Å². The summed E-state index contributed by atoms with van der Waals surface area (Å²) in [6.07, 6.45) is 6.00. The van der Waals surface area contributed by atoms with E-state index in [-0.39, 0.29) is 0 Å². The van der Waals surface area contributed by atoms with Gasteiger partial charge in [-0.25, -0.2) is 4.98 Å². The molecule has 0 saturated carbocycles. The number of hydrogen-bond donors (Lipinski definition) is 0. The Morgan fingerprint density at radius 1 is 1.30 bits per heavy atom. The van der Waals surface area contributed by atoms with E-state index < -0.39 is 0 Å². The number of allylic oxidation sites excluding steroid dienone is 3. The molecule has 0 atom stereocenters. The fourth-order valence-electron chi connectivity index (χ4n) is 2.08. The van der Waals surface area contributed by atoms with Crippen molar-refractivity contribution in [1.82, 2.24) is 14.9 Å². The van der Waals surface area contributed by atoms with Crippen LogP contribution in [0, 0.1) is 0 Å². The Balaban J connectivity index is 2.42. The van der Waals surface area contributed by atoms with Crippen LogP contribution in [0.25, 0.3) is 16.7 Å². The normalized spacial score (nSPS) is 12.5. The Labute approximate surface area is 142 Å². The summed E-state index contributed by atoms with van der Waals surface area (Å²) in [5.74, 6) is 0. The average Bonchev–Trinajstić information content (AvgIpc) is 2.58. The summed E-state index contributed by atoms with van der Waals surface area (Å²) in [7, 11) is 2.06. The van der Waals surface area contributed by atoms with Crippen molar-refractivity contribution in [2.75, 3.05) is 13.6 Å². The summed E-state index contributed by atoms with van der Waals surface area (Å²) < 4.78 is 0. The molecule has 0 unspecified atom stereocenters. The van der Waals surface area contributed by atoms with Crippen molar-refractivity contribution in [3.8, 4) is 0 Å². The monoisotopic (exact) mass is 325 g/mol. The zero-order chi connectivity index (χ0) is 16.8. The van der Waals surface area contributed by atoms with Crippen LogP contribution < -0.4 is 0 Å². The van der Waals surface area contributed by atoms with Crippen molar-refractivity contribution in [2.24, 2.45) is 0 Å². The number of aromatic nitrogens is 2. The number of fused-ring (bicyclic) bond motifs is 1. The summed E-state index contributed by atoms with van der Waals surface area (Å²) >= 11 is 1.67. The first-order valence-corrected chi connectivity index (χ1v) is 8.51. The van der Waals surface area contributed by atoms with Crippen LogP contribution in [0.15, 0.2) is 59.0 Å². The molecule has 0 fully saturated rings. The second-order valence-electron chi connectivity index (χ2n) is 5.26. The van der Waals surface area contributed by atoms with Crippen molar-refractivity contribution >= 4 is 28.5 Å². The first kappa shape index (κ1) is 17.3. The molecule has 1 heterocycles. The largest absolute Gasteiger partial charge is 0.373 e. The van der Waals surface area contributed by atoms with Crippen molar-refractivity contribution < 1.29 is 0 Å². The summed E-state index contributed by atoms with van der Waals surface area (Å²) in [5.41, 5.74) is 3.72. The molecule has 0 saturated heterocycles. The standard InChI is InChI=1S/C19H23N3S/c1-6-14(3)23-15(4)12-19(22(5)7-2)18-13-20-16-10-8-9-11-17(16)21-18/h6,8-13H,4,7H2,1-3,5H3/b14-6+,19-12-. The molecule has 0 aliphatic carbocycles. The third-order valence-electron chi connectivity index (χ3n) is 3.59. The van der Waals surface area contributed by atoms with Crippen molar-refractivity contribution in [2.45, 2.75) is 20.8 Å². The molecule has 0 spiro atoms. The van der Waals surface area contributed by atoms with Crippen LogP contribution in [-0.4, -0.2) is 28.5 Å². The van der Waals surface area contributed by atoms with Crippen LogP contribution in [0.3, 0.4) is 0 Å². The lowest BCUT2D eigenvalue weighted by molar-refractivity contribution is 0.507. The maximum atomic E-state index is 4.76. The summed E-state index contributed by atoms with van der Waals surface area (Å²) in [4.78, 5) is 13.7. The van der Waals surface area contributed by atoms with Gasteiger partial charge in [0.15, 0.2) is 0 Å². The number of nitrogens with zero attached hydrogens (tertiary/aromatic N) is 3. The van der Waals surface area contributed by atoms with Crippen LogP contribution in [0.5, 0.6) is 0 Å². The highest BCUT2D eigenvalue weighted by Crippen LogP contribution is 2.28. The molecule has 0 radical (unpaired) electrons. The Morgan fingerprint density at radius 3 is 2.65 bits per heavy atom. The first-order valence-electron chi connectivity index (χ1n) is 7.69. The topological polar surface area (TPSA) is 29.0 Å². The van der Waals surface area contributed by atoms with Gasteiger partial charge in [0, 0.05) is 18.5 Å². The van der Waals surface area contributed by atoms with Gasteiger partial charge in [-0.2, -0.15) is 0 Å². The maximum Gasteiger partial charge on any atom is 0.105 e. The van der Waals surface area contributed by atoms with Crippen LogP contribution in [0.1, 0.15) is 26.5 Å². The van der Waals surface area contributed by atoms with E-state index in [0.29, 0.717) is 0 Å². The second-order valence-corrected chi connectivity index (χ2v) is 6.63. The third-order valence-corrected chi connectivity index (χ3v) is 4.53. The zero-order valence-electron chi connectivity index (χ0n) is 14.2. The minimum atomic E-state index is 0.868. The van der Waals surface area contributed by atoms with Gasteiger partial charge in [0.2, 0.25) is 0 Å². The average molecular weight is 325 g/mol. The molecular formula is C19H23N3S. The lowest BCUT2D eigenvalue weighted by Crippen LogP contribution is -2.17. The molecule has 4 heteroatoms. The van der Waals surface area contributed by atoms with Crippen LogP contribution in [0.4, 0.5) is 0 Å². The minimum Gasteiger partial charge on any atom is -0.373 e. The number of hydrogen-bond acceptors (Lipinski definition) is 4. The van der Waals surface area contributed by atoms with Gasteiger partial charge >= 0.3 is 0 Å². The lowest BCUT2D eigenvalue weighted by atomic mass is 10.2. The second kappa shape index (κ2) is 7.97. The Bertz CT molecular complexity index is 762. The number of thioether (sulfide) groups is 1. The molecule has 2 rings (SSSR count). The molecule has 0 amide bonds. The van der Waals surface area contributed by atoms with E-state index in [2.05, 4.69) is 49.5 Å². The number of benzene rings is 1. The fraction of sp³-hybridized carbons (Fsp3) is 0.263. The number of para-hydroxylation sites is 2. The SMILES string of the molecule is C=C(/C=C(/c1cnc2ccccc2n1)N(C)CC)S/C(C)=C/C. The van der Waals surface area contributed by atoms with Gasteiger partial charge in [-0.15, -0.1) is 0 Å². The summed E-state index contributed by atoms with van der Waals surface area (Å²) in [5, 5.41) is 0. The van der Waals surface area contributed by atoms with E-state index in [4.69, 9.17) is 4.98 Å². The molecule has 0 aliphatic rings. The third kappa shape index (κ3) is 4.45. The molecule has 3 nitrogen and oxygen atoms in total. The molecule has 1 aromatic heterocycles. The highest BCUT2D eigenvalue weighted by Gasteiger charge is 2.10. The van der Waals surface area contributed by atoms with Gasteiger partial charge in [0.05, 0.1) is 22.9 Å². The first-order chi connectivity index (χ1) is 11.0. The fourth-order valence-corrected chi connectivity index (χ4v) is 2.78. The minimum absolute atomic E-state index is 0.868. The zero-order valence-corrected chi connectivity index (χ0v) is 15.0. The summed E-state index contributed by atoms with van der Waals surface area (Å²) in [6.45, 7) is 11.3. The molecule has 2 aromatic rings. The maximum absolute atomic E-state index is 4.76. The summed E-state index contributed by atoms with van der Waals surface area (Å²) in [6, 6.07) is 7.92. The Morgan fingerprint density at radius 2 is 2.00 bits per heavy atom. The van der Waals surface area contributed by atoms with Gasteiger partial charge in [0.1, 0.15) is 5.69 Å². The van der Waals surface area contributed by atoms with Crippen LogP contribution >= 0.6 is 11.8 Å². The highest BCUT2D eigenvalue weighted by molar-refractivity contribution is 8.06. The van der Waals surface area contributed by atoms with Gasteiger partial charge in [-0.3, -0.25) is 4.98 Å². The van der Waals surface area contributed by atoms with E-state index >= 15 is 0 Å². The Hall–Kier alpha value is -2.07. The van der Waals surface area contributed by atoms with Crippen LogP contribution in [0.2, 0.25) is 0 Å². The molecule has 0 N–H and O–H groups in total. The molecule has 23 heavy (non-hydrogen) atoms. The van der Waals surface area contributed by atoms with Crippen molar-refractivity contribution in [3.63, 3.8) is 0 Å². The lowest BCUT2D eigenvalue weighted by Gasteiger charge is -2.21. The molecule has 120 valence electrons. The van der Waals surface area contributed by atoms with Crippen molar-refractivity contribution in [3.05, 3.63) is 64.7 Å². The Kier molecular flexibility index (Phi) is 5.99.